The molecule has 0 saturated heterocycles. The molecular weight excluding hydrogens is 335 g/mol. The highest BCUT2D eigenvalue weighted by Gasteiger charge is 2.02. The molecule has 0 heterocycles. The molecule has 0 saturated carbocycles. The Morgan fingerprint density at radius 2 is 1.75 bits per heavy atom. The topological polar surface area (TPSA) is 38.0 Å². The van der Waals surface area contributed by atoms with Crippen molar-refractivity contribution in [3.05, 3.63) is 51.1 Å². The van der Waals surface area contributed by atoms with Crippen molar-refractivity contribution in [2.24, 2.45) is 0 Å². The summed E-state index contributed by atoms with van der Waals surface area (Å²) in [6.45, 7) is 0. The first-order valence-electron chi connectivity index (χ1n) is 4.73. The van der Waals surface area contributed by atoms with Crippen LogP contribution < -0.4 is 11.1 Å². The van der Waals surface area contributed by atoms with Crippen LogP contribution >= 0.6 is 34.2 Å². The molecule has 0 atom stereocenters. The fourth-order valence-electron chi connectivity index (χ4n) is 1.33. The highest BCUT2D eigenvalue weighted by atomic mass is 127. The number of benzene rings is 2. The van der Waals surface area contributed by atoms with E-state index in [1.165, 1.54) is 3.57 Å². The molecule has 2 nitrogen and oxygen atoms in total. The lowest BCUT2D eigenvalue weighted by molar-refractivity contribution is 1.53. The predicted octanol–water partition coefficient (Wildman–Crippen LogP) is 4.27. The van der Waals surface area contributed by atoms with E-state index in [9.17, 15) is 0 Å². The van der Waals surface area contributed by atoms with Crippen LogP contribution in [0.2, 0.25) is 5.02 Å². The van der Waals surface area contributed by atoms with Crippen molar-refractivity contribution in [2.45, 2.75) is 0 Å². The number of nitrogens with two attached hydrogens (primary N) is 1. The zero-order valence-corrected chi connectivity index (χ0v) is 11.3. The van der Waals surface area contributed by atoms with Gasteiger partial charge in [-0.05, 0) is 59.0 Å². The number of halogens is 2. The maximum Gasteiger partial charge on any atom is 0.0742 e. The first-order chi connectivity index (χ1) is 7.66. The number of nitrogens with one attached hydrogen (secondary N) is 1. The minimum Gasteiger partial charge on any atom is -0.396 e. The summed E-state index contributed by atoms with van der Waals surface area (Å²) in [5.41, 5.74) is 8.26. The van der Waals surface area contributed by atoms with Gasteiger partial charge in [0, 0.05) is 9.26 Å². The molecule has 0 fully saturated rings. The molecule has 0 spiro atoms. The van der Waals surface area contributed by atoms with Crippen LogP contribution in [0.5, 0.6) is 0 Å². The van der Waals surface area contributed by atoms with E-state index in [2.05, 4.69) is 27.9 Å². The first kappa shape index (κ1) is 11.5. The van der Waals surface area contributed by atoms with Crippen LogP contribution in [0.4, 0.5) is 17.1 Å². The average Bonchev–Trinajstić information content (AvgIpc) is 2.28. The third-order valence-corrected chi connectivity index (χ3v) is 3.22. The molecule has 0 aliphatic carbocycles. The Kier molecular flexibility index (Phi) is 3.56. The van der Waals surface area contributed by atoms with Crippen molar-refractivity contribution < 1.29 is 0 Å². The van der Waals surface area contributed by atoms with Crippen LogP contribution in [0, 0.1) is 3.57 Å². The molecule has 3 N–H and O–H groups in total. The molecule has 0 amide bonds. The first-order valence-corrected chi connectivity index (χ1v) is 6.19. The molecule has 0 unspecified atom stereocenters. The summed E-state index contributed by atoms with van der Waals surface area (Å²) < 4.78 is 1.20. The maximum atomic E-state index is 5.94. The fraction of sp³-hybridized carbons (Fsp3) is 0. The lowest BCUT2D eigenvalue weighted by atomic mass is 10.2. The second-order valence-corrected chi connectivity index (χ2v) is 4.99. The van der Waals surface area contributed by atoms with Crippen molar-refractivity contribution in [1.29, 1.82) is 0 Å². The van der Waals surface area contributed by atoms with E-state index in [0.29, 0.717) is 10.7 Å². The van der Waals surface area contributed by atoms with Crippen molar-refractivity contribution in [3.63, 3.8) is 0 Å². The predicted molar refractivity (Wildman–Crippen MR) is 78.3 cm³/mol. The van der Waals surface area contributed by atoms with Crippen molar-refractivity contribution in [1.82, 2.24) is 0 Å². The van der Waals surface area contributed by atoms with Crippen LogP contribution in [0.15, 0.2) is 42.5 Å². The second kappa shape index (κ2) is 4.93. The summed E-state index contributed by atoms with van der Waals surface area (Å²) in [6, 6.07) is 13.6. The number of rotatable bonds is 2. The average molecular weight is 345 g/mol. The van der Waals surface area contributed by atoms with Gasteiger partial charge in [0.15, 0.2) is 0 Å². The van der Waals surface area contributed by atoms with Gasteiger partial charge in [-0.1, -0.05) is 17.7 Å². The van der Waals surface area contributed by atoms with Gasteiger partial charge in [0.25, 0.3) is 0 Å². The molecule has 4 heteroatoms. The third-order valence-electron chi connectivity index (χ3n) is 2.18. The lowest BCUT2D eigenvalue weighted by Gasteiger charge is -2.10. The van der Waals surface area contributed by atoms with Gasteiger partial charge < -0.3 is 11.1 Å². The highest BCUT2D eigenvalue weighted by Crippen LogP contribution is 2.29. The monoisotopic (exact) mass is 344 g/mol. The molecule has 0 bridgehead atoms. The van der Waals surface area contributed by atoms with Crippen LogP contribution in [0.25, 0.3) is 0 Å². The zero-order chi connectivity index (χ0) is 11.5. The summed E-state index contributed by atoms with van der Waals surface area (Å²) in [7, 11) is 0. The van der Waals surface area contributed by atoms with Crippen molar-refractivity contribution in [2.75, 3.05) is 11.1 Å². The summed E-state index contributed by atoms with van der Waals surface area (Å²) in [5.74, 6) is 0. The number of anilines is 3. The molecule has 0 aliphatic rings. The van der Waals surface area contributed by atoms with Gasteiger partial charge in [-0.15, -0.1) is 0 Å². The van der Waals surface area contributed by atoms with Crippen LogP contribution in [0.1, 0.15) is 0 Å². The molecule has 2 aromatic carbocycles. The molecule has 82 valence electrons. The van der Waals surface area contributed by atoms with Gasteiger partial charge in [0.2, 0.25) is 0 Å². The van der Waals surface area contributed by atoms with Gasteiger partial charge in [0.05, 0.1) is 16.4 Å². The zero-order valence-electron chi connectivity index (χ0n) is 8.37. The molecule has 2 aromatic rings. The van der Waals surface area contributed by atoms with Crippen molar-refractivity contribution in [3.8, 4) is 0 Å². The van der Waals surface area contributed by atoms with E-state index < -0.39 is 0 Å². The molecule has 0 radical (unpaired) electrons. The Labute approximate surface area is 113 Å². The highest BCUT2D eigenvalue weighted by molar-refractivity contribution is 14.1. The van der Waals surface area contributed by atoms with Crippen LogP contribution in [-0.2, 0) is 0 Å². The number of hydrogen-bond acceptors (Lipinski definition) is 2. The van der Waals surface area contributed by atoms with Gasteiger partial charge >= 0.3 is 0 Å². The molecule has 2 rings (SSSR count). The Morgan fingerprint density at radius 1 is 1.06 bits per heavy atom. The summed E-state index contributed by atoms with van der Waals surface area (Å²) in [4.78, 5) is 0. The number of nitrogen functional groups attached to an aromatic ring is 1. The third kappa shape index (κ3) is 2.59. The standard InChI is InChI=1S/C12H10ClIN2/c13-10-2-1-3-11(12(10)15)16-9-6-4-8(14)5-7-9/h1-7,16H,15H2. The van der Waals surface area contributed by atoms with Crippen LogP contribution in [-0.4, -0.2) is 0 Å². The Hall–Kier alpha value is -0.940. The van der Waals surface area contributed by atoms with Crippen molar-refractivity contribution >= 4 is 51.3 Å². The minimum atomic E-state index is 0.565. The summed E-state index contributed by atoms with van der Waals surface area (Å²) in [5, 5.41) is 3.79. The quantitative estimate of drug-likeness (QED) is 0.631. The summed E-state index contributed by atoms with van der Waals surface area (Å²) >= 11 is 8.21. The van der Waals surface area contributed by atoms with E-state index in [4.69, 9.17) is 17.3 Å². The van der Waals surface area contributed by atoms with Gasteiger partial charge in [0.1, 0.15) is 0 Å². The van der Waals surface area contributed by atoms with Gasteiger partial charge in [-0.2, -0.15) is 0 Å². The SMILES string of the molecule is Nc1c(Cl)cccc1Nc1ccc(I)cc1. The molecule has 0 aromatic heterocycles. The summed E-state index contributed by atoms with van der Waals surface area (Å²) in [6.07, 6.45) is 0. The van der Waals surface area contributed by atoms with E-state index in [-0.39, 0.29) is 0 Å². The minimum absolute atomic E-state index is 0.565. The molecular formula is C12H10ClIN2. The molecule has 16 heavy (non-hydrogen) atoms. The van der Waals surface area contributed by atoms with E-state index in [1.807, 2.05) is 36.4 Å². The Bertz CT molecular complexity index is 497. The number of hydrogen-bond donors (Lipinski definition) is 2. The normalized spacial score (nSPS) is 10.1. The van der Waals surface area contributed by atoms with Crippen LogP contribution in [0.3, 0.4) is 0 Å². The maximum absolute atomic E-state index is 5.94. The van der Waals surface area contributed by atoms with E-state index in [0.717, 1.165) is 11.4 Å². The van der Waals surface area contributed by atoms with Gasteiger partial charge in [-0.3, -0.25) is 0 Å². The lowest BCUT2D eigenvalue weighted by Crippen LogP contribution is -1.96. The fourth-order valence-corrected chi connectivity index (χ4v) is 1.87. The molecule has 0 aliphatic heterocycles. The van der Waals surface area contributed by atoms with E-state index in [1.54, 1.807) is 6.07 Å². The smallest absolute Gasteiger partial charge is 0.0742 e. The largest absolute Gasteiger partial charge is 0.396 e. The Balaban J connectivity index is 2.27. The second-order valence-electron chi connectivity index (χ2n) is 3.33. The number of para-hydroxylation sites is 1. The Morgan fingerprint density at radius 3 is 2.44 bits per heavy atom. The van der Waals surface area contributed by atoms with E-state index >= 15 is 0 Å². The van der Waals surface area contributed by atoms with Gasteiger partial charge in [-0.25, -0.2) is 0 Å².